The molecule has 1 unspecified atom stereocenters. The van der Waals surface area contributed by atoms with Crippen molar-refractivity contribution < 1.29 is 4.74 Å². The van der Waals surface area contributed by atoms with E-state index in [4.69, 9.17) is 10.00 Å². The van der Waals surface area contributed by atoms with Gasteiger partial charge >= 0.3 is 0 Å². The summed E-state index contributed by atoms with van der Waals surface area (Å²) in [5, 5.41) is 12.8. The van der Waals surface area contributed by atoms with Crippen LogP contribution in [0.2, 0.25) is 0 Å². The van der Waals surface area contributed by atoms with Crippen molar-refractivity contribution in [2.24, 2.45) is 0 Å². The largest absolute Gasteiger partial charge is 0.472 e. The van der Waals surface area contributed by atoms with Crippen LogP contribution in [0.5, 0.6) is 5.75 Å². The summed E-state index contributed by atoms with van der Waals surface area (Å²) in [6.45, 7) is 4.89. The van der Waals surface area contributed by atoms with Crippen molar-refractivity contribution in [3.8, 4) is 11.8 Å². The maximum absolute atomic E-state index is 8.70. The average molecular weight is 193 g/mol. The second-order valence-electron chi connectivity index (χ2n) is 3.08. The normalized spacial score (nSPS) is 12.1. The highest BCUT2D eigenvalue weighted by Gasteiger charge is 2.07. The van der Waals surface area contributed by atoms with E-state index < -0.39 is 0 Å². The Morgan fingerprint density at radius 2 is 2.43 bits per heavy atom. The van der Waals surface area contributed by atoms with Crippen LogP contribution in [0.4, 0.5) is 0 Å². The Bertz CT molecular complexity index is 313. The molecule has 0 fully saturated rings. The summed E-state index contributed by atoms with van der Waals surface area (Å²) in [5.74, 6) is 0.673. The van der Waals surface area contributed by atoms with E-state index >= 15 is 0 Å². The first-order valence-corrected chi connectivity index (χ1v) is 4.88. The molecule has 0 bridgehead atoms. The predicted molar refractivity (Wildman–Crippen MR) is 52.8 cm³/mol. The van der Waals surface area contributed by atoms with Gasteiger partial charge in [0.2, 0.25) is 0 Å². The number of nitriles is 1. The number of aromatic nitrogens is 2. The van der Waals surface area contributed by atoms with Crippen LogP contribution in [0.3, 0.4) is 0 Å². The molecule has 0 aliphatic heterocycles. The van der Waals surface area contributed by atoms with E-state index in [9.17, 15) is 0 Å². The Morgan fingerprint density at radius 1 is 1.64 bits per heavy atom. The number of nitrogens with zero attached hydrogens (tertiary/aromatic N) is 3. The van der Waals surface area contributed by atoms with Gasteiger partial charge in [-0.3, -0.25) is 4.68 Å². The highest BCUT2D eigenvalue weighted by atomic mass is 16.5. The van der Waals surface area contributed by atoms with Gasteiger partial charge in [-0.15, -0.1) is 0 Å². The molecular formula is C10H15N3O. The predicted octanol–water partition coefficient (Wildman–Crippen LogP) is 1.97. The van der Waals surface area contributed by atoms with Crippen LogP contribution in [0, 0.1) is 11.3 Å². The Balaban J connectivity index is 2.55. The van der Waals surface area contributed by atoms with E-state index in [0.29, 0.717) is 12.2 Å². The zero-order valence-electron chi connectivity index (χ0n) is 8.60. The lowest BCUT2D eigenvalue weighted by molar-refractivity contribution is 0.251. The van der Waals surface area contributed by atoms with Gasteiger partial charge in [-0.05, 0) is 12.8 Å². The topological polar surface area (TPSA) is 50.8 Å². The van der Waals surface area contributed by atoms with Crippen LogP contribution >= 0.6 is 0 Å². The Morgan fingerprint density at radius 3 is 3.00 bits per heavy atom. The van der Waals surface area contributed by atoms with E-state index in [-0.39, 0.29) is 6.10 Å². The molecule has 1 rings (SSSR count). The standard InChI is InChI=1S/C10H15N3O/c1-3-5-13-8-10(7-12-13)14-9(4-2)6-11/h7-9H,3-5H2,1-2H3. The van der Waals surface area contributed by atoms with Crippen LogP contribution in [-0.2, 0) is 6.54 Å². The first kappa shape index (κ1) is 10.6. The second kappa shape index (κ2) is 5.28. The molecule has 0 amide bonds. The average Bonchev–Trinajstić information content (AvgIpc) is 2.63. The molecule has 4 nitrogen and oxygen atoms in total. The number of aryl methyl sites for hydroxylation is 1. The molecule has 0 aliphatic carbocycles. The molecule has 0 aromatic carbocycles. The van der Waals surface area contributed by atoms with Crippen molar-refractivity contribution >= 4 is 0 Å². The quantitative estimate of drug-likeness (QED) is 0.718. The lowest BCUT2D eigenvalue weighted by atomic mass is 10.3. The molecule has 76 valence electrons. The summed E-state index contributed by atoms with van der Waals surface area (Å²) in [7, 11) is 0. The van der Waals surface area contributed by atoms with Gasteiger partial charge in [0.25, 0.3) is 0 Å². The molecule has 1 atom stereocenters. The van der Waals surface area contributed by atoms with E-state index in [0.717, 1.165) is 13.0 Å². The highest BCUT2D eigenvalue weighted by molar-refractivity contribution is 5.13. The van der Waals surface area contributed by atoms with E-state index in [1.54, 1.807) is 6.20 Å². The number of rotatable bonds is 5. The first-order chi connectivity index (χ1) is 6.80. The zero-order valence-corrected chi connectivity index (χ0v) is 8.60. The zero-order chi connectivity index (χ0) is 10.4. The third kappa shape index (κ3) is 2.77. The first-order valence-electron chi connectivity index (χ1n) is 4.88. The van der Waals surface area contributed by atoms with Crippen molar-refractivity contribution in [3.05, 3.63) is 12.4 Å². The number of hydrogen-bond donors (Lipinski definition) is 0. The van der Waals surface area contributed by atoms with Crippen LogP contribution in [-0.4, -0.2) is 15.9 Å². The summed E-state index contributed by atoms with van der Waals surface area (Å²) < 4.78 is 7.21. The van der Waals surface area contributed by atoms with Crippen LogP contribution in [0.25, 0.3) is 0 Å². The van der Waals surface area contributed by atoms with E-state index in [2.05, 4.69) is 18.1 Å². The third-order valence-electron chi connectivity index (χ3n) is 1.86. The fourth-order valence-electron chi connectivity index (χ4n) is 1.12. The molecule has 0 aliphatic rings. The van der Waals surface area contributed by atoms with Crippen molar-refractivity contribution in [1.82, 2.24) is 9.78 Å². The summed E-state index contributed by atoms with van der Waals surface area (Å²) in [5.41, 5.74) is 0. The Kier molecular flexibility index (Phi) is 3.99. The van der Waals surface area contributed by atoms with Crippen molar-refractivity contribution in [1.29, 1.82) is 5.26 Å². The number of ether oxygens (including phenoxy) is 1. The van der Waals surface area contributed by atoms with Gasteiger partial charge in [0.05, 0.1) is 12.4 Å². The van der Waals surface area contributed by atoms with Gasteiger partial charge in [-0.2, -0.15) is 10.4 Å². The SMILES string of the molecule is CCCn1cc(OC(C#N)CC)cn1. The molecular weight excluding hydrogens is 178 g/mol. The second-order valence-corrected chi connectivity index (χ2v) is 3.08. The number of hydrogen-bond acceptors (Lipinski definition) is 3. The molecule has 0 saturated heterocycles. The molecule has 1 heterocycles. The highest BCUT2D eigenvalue weighted by Crippen LogP contribution is 2.11. The molecule has 14 heavy (non-hydrogen) atoms. The molecule has 4 heteroatoms. The van der Waals surface area contributed by atoms with Crippen molar-refractivity contribution in [2.75, 3.05) is 0 Å². The van der Waals surface area contributed by atoms with Crippen molar-refractivity contribution in [3.63, 3.8) is 0 Å². The van der Waals surface area contributed by atoms with Crippen LogP contribution in [0.15, 0.2) is 12.4 Å². The monoisotopic (exact) mass is 193 g/mol. The van der Waals surface area contributed by atoms with Gasteiger partial charge in [0.15, 0.2) is 11.9 Å². The minimum absolute atomic E-state index is 0.366. The minimum Gasteiger partial charge on any atom is -0.472 e. The summed E-state index contributed by atoms with van der Waals surface area (Å²) in [6, 6.07) is 2.08. The molecule has 0 spiro atoms. The molecule has 1 aromatic heterocycles. The maximum Gasteiger partial charge on any atom is 0.184 e. The van der Waals surface area contributed by atoms with Crippen LogP contribution in [0.1, 0.15) is 26.7 Å². The summed E-state index contributed by atoms with van der Waals surface area (Å²) in [4.78, 5) is 0. The molecule has 1 aromatic rings. The Labute approximate surface area is 84.1 Å². The third-order valence-corrected chi connectivity index (χ3v) is 1.86. The van der Waals surface area contributed by atoms with Gasteiger partial charge in [-0.1, -0.05) is 13.8 Å². The maximum atomic E-state index is 8.70. The summed E-state index contributed by atoms with van der Waals surface area (Å²) >= 11 is 0. The summed E-state index contributed by atoms with van der Waals surface area (Å²) in [6.07, 6.45) is 4.83. The van der Waals surface area contributed by atoms with Gasteiger partial charge < -0.3 is 4.74 Å². The van der Waals surface area contributed by atoms with E-state index in [1.165, 1.54) is 0 Å². The Hall–Kier alpha value is -1.50. The van der Waals surface area contributed by atoms with Gasteiger partial charge in [0.1, 0.15) is 6.07 Å². The van der Waals surface area contributed by atoms with Gasteiger partial charge in [-0.25, -0.2) is 0 Å². The fourth-order valence-corrected chi connectivity index (χ4v) is 1.12. The molecule has 0 radical (unpaired) electrons. The van der Waals surface area contributed by atoms with Crippen LogP contribution < -0.4 is 4.74 Å². The fraction of sp³-hybridized carbons (Fsp3) is 0.600. The lowest BCUT2D eigenvalue weighted by Crippen LogP contribution is -2.11. The van der Waals surface area contributed by atoms with Gasteiger partial charge in [0, 0.05) is 6.54 Å². The molecule has 0 saturated carbocycles. The molecule has 0 N–H and O–H groups in total. The minimum atomic E-state index is -0.366. The van der Waals surface area contributed by atoms with Crippen molar-refractivity contribution in [2.45, 2.75) is 39.3 Å². The smallest absolute Gasteiger partial charge is 0.184 e. The lowest BCUT2D eigenvalue weighted by Gasteiger charge is -2.06. The van der Waals surface area contributed by atoms with E-state index in [1.807, 2.05) is 17.8 Å².